The number of anilines is 1. The number of halogens is 2. The third-order valence-electron chi connectivity index (χ3n) is 3.47. The number of ketones is 1. The van der Waals surface area contributed by atoms with E-state index >= 15 is 0 Å². The average molecular weight is 389 g/mol. The first kappa shape index (κ1) is 18.5. The van der Waals surface area contributed by atoms with E-state index < -0.39 is 11.7 Å². The minimum Gasteiger partial charge on any atom is -0.456 e. The highest BCUT2D eigenvalue weighted by Crippen LogP contribution is 2.18. The van der Waals surface area contributed by atoms with Crippen LogP contribution in [0.15, 0.2) is 47.0 Å². The van der Waals surface area contributed by atoms with Crippen LogP contribution in [-0.2, 0) is 11.3 Å². The summed E-state index contributed by atoms with van der Waals surface area (Å²) in [6.45, 7) is 1.62. The summed E-state index contributed by atoms with van der Waals surface area (Å²) in [6, 6.07) is 7.12. The standard InChI is InChI=1S/C18H14ClFN4O3/c1-11(25)16-6-5-14(27-16)10-24-21-9-17(23-24)22-18(26)7-3-12-2-4-13(20)8-15(12)19/h2-9H,10H2,1H3,(H,22,23,26)/b7-3-. The number of benzene rings is 1. The van der Waals surface area contributed by atoms with Crippen molar-refractivity contribution in [1.29, 1.82) is 0 Å². The Hall–Kier alpha value is -3.26. The molecule has 0 saturated carbocycles. The largest absolute Gasteiger partial charge is 0.456 e. The predicted octanol–water partition coefficient (Wildman–Crippen LogP) is 3.57. The Bertz CT molecular complexity index is 1030. The normalized spacial score (nSPS) is 11.1. The number of amides is 1. The van der Waals surface area contributed by atoms with E-state index in [4.69, 9.17) is 16.0 Å². The fraction of sp³-hybridized carbons (Fsp3) is 0.111. The van der Waals surface area contributed by atoms with Crippen LogP contribution in [0.4, 0.5) is 10.2 Å². The van der Waals surface area contributed by atoms with Gasteiger partial charge < -0.3 is 9.73 Å². The quantitative estimate of drug-likeness (QED) is 0.515. The van der Waals surface area contributed by atoms with E-state index in [0.29, 0.717) is 11.3 Å². The van der Waals surface area contributed by atoms with Crippen LogP contribution in [0.1, 0.15) is 28.8 Å². The molecule has 3 aromatic rings. The molecule has 27 heavy (non-hydrogen) atoms. The van der Waals surface area contributed by atoms with Crippen LogP contribution in [0, 0.1) is 5.82 Å². The molecule has 0 saturated heterocycles. The first-order chi connectivity index (χ1) is 12.9. The van der Waals surface area contributed by atoms with Gasteiger partial charge in [0.15, 0.2) is 17.4 Å². The molecule has 2 heterocycles. The number of furan rings is 1. The molecule has 1 amide bonds. The second-order valence-electron chi connectivity index (χ2n) is 5.57. The van der Waals surface area contributed by atoms with Crippen molar-refractivity contribution in [1.82, 2.24) is 15.0 Å². The Morgan fingerprint density at radius 3 is 2.85 bits per heavy atom. The molecule has 0 atom stereocenters. The predicted molar refractivity (Wildman–Crippen MR) is 96.9 cm³/mol. The van der Waals surface area contributed by atoms with Gasteiger partial charge in [-0.2, -0.15) is 9.90 Å². The van der Waals surface area contributed by atoms with Gasteiger partial charge in [0.05, 0.1) is 11.2 Å². The molecule has 138 valence electrons. The SMILES string of the molecule is CC(=O)c1ccc(Cn2ncc(NC(=O)/C=C\c3ccc(F)cc3Cl)n2)o1. The maximum absolute atomic E-state index is 13.0. The summed E-state index contributed by atoms with van der Waals surface area (Å²) in [5.41, 5.74) is 0.510. The molecule has 0 radical (unpaired) electrons. The number of hydrogen-bond donors (Lipinski definition) is 1. The number of rotatable bonds is 6. The highest BCUT2D eigenvalue weighted by atomic mass is 35.5. The monoisotopic (exact) mass is 388 g/mol. The van der Waals surface area contributed by atoms with Crippen LogP contribution in [0.3, 0.4) is 0 Å². The van der Waals surface area contributed by atoms with E-state index in [1.807, 2.05) is 0 Å². The second-order valence-corrected chi connectivity index (χ2v) is 5.98. The summed E-state index contributed by atoms with van der Waals surface area (Å²) in [6.07, 6.45) is 4.10. The Morgan fingerprint density at radius 2 is 2.15 bits per heavy atom. The minimum atomic E-state index is -0.454. The van der Waals surface area contributed by atoms with Gasteiger partial charge in [-0.25, -0.2) is 4.39 Å². The molecule has 0 aliphatic rings. The average Bonchev–Trinajstić information content (AvgIpc) is 3.24. The molecular weight excluding hydrogens is 375 g/mol. The highest BCUT2D eigenvalue weighted by molar-refractivity contribution is 6.32. The summed E-state index contributed by atoms with van der Waals surface area (Å²) < 4.78 is 18.4. The van der Waals surface area contributed by atoms with Crippen molar-refractivity contribution < 1.29 is 18.4 Å². The number of aromatic nitrogens is 3. The van der Waals surface area contributed by atoms with Crippen molar-refractivity contribution in [3.63, 3.8) is 0 Å². The summed E-state index contributed by atoms with van der Waals surface area (Å²) in [5, 5.41) is 10.9. The van der Waals surface area contributed by atoms with Gasteiger partial charge in [-0.3, -0.25) is 9.59 Å². The molecule has 0 bridgehead atoms. The lowest BCUT2D eigenvalue weighted by molar-refractivity contribution is -0.111. The van der Waals surface area contributed by atoms with Gasteiger partial charge in [-0.05, 0) is 35.9 Å². The maximum Gasteiger partial charge on any atom is 0.249 e. The zero-order valence-electron chi connectivity index (χ0n) is 14.1. The van der Waals surface area contributed by atoms with E-state index in [1.54, 1.807) is 12.1 Å². The lowest BCUT2D eigenvalue weighted by Crippen LogP contribution is -2.09. The molecule has 1 aromatic carbocycles. The van der Waals surface area contributed by atoms with E-state index in [1.165, 1.54) is 42.2 Å². The molecular formula is C18H14ClFN4O3. The molecule has 0 aliphatic carbocycles. The van der Waals surface area contributed by atoms with Gasteiger partial charge in [0, 0.05) is 13.0 Å². The van der Waals surface area contributed by atoms with Crippen LogP contribution in [0.5, 0.6) is 0 Å². The first-order valence-corrected chi connectivity index (χ1v) is 8.22. The Labute approximate surface area is 158 Å². The highest BCUT2D eigenvalue weighted by Gasteiger charge is 2.09. The fourth-order valence-electron chi connectivity index (χ4n) is 2.19. The van der Waals surface area contributed by atoms with Gasteiger partial charge in [0.2, 0.25) is 5.91 Å². The third-order valence-corrected chi connectivity index (χ3v) is 3.80. The molecule has 2 aromatic heterocycles. The van der Waals surface area contributed by atoms with Crippen molar-refractivity contribution >= 4 is 35.2 Å². The van der Waals surface area contributed by atoms with Crippen molar-refractivity contribution in [2.45, 2.75) is 13.5 Å². The summed E-state index contributed by atoms with van der Waals surface area (Å²) >= 11 is 5.90. The fourth-order valence-corrected chi connectivity index (χ4v) is 2.42. The van der Waals surface area contributed by atoms with Gasteiger partial charge >= 0.3 is 0 Å². The van der Waals surface area contributed by atoms with E-state index in [2.05, 4.69) is 15.5 Å². The maximum atomic E-state index is 13.0. The van der Waals surface area contributed by atoms with Crippen LogP contribution >= 0.6 is 11.6 Å². The lowest BCUT2D eigenvalue weighted by atomic mass is 10.2. The number of hydrogen-bond acceptors (Lipinski definition) is 5. The topological polar surface area (TPSA) is 90.0 Å². The van der Waals surface area contributed by atoms with Crippen LogP contribution in [0.25, 0.3) is 6.08 Å². The summed E-state index contributed by atoms with van der Waals surface area (Å²) in [7, 11) is 0. The lowest BCUT2D eigenvalue weighted by Gasteiger charge is -1.99. The van der Waals surface area contributed by atoms with Crippen molar-refractivity contribution in [2.24, 2.45) is 0 Å². The number of Topliss-reactive ketones (excluding diaryl/α,β-unsaturated/α-hetero) is 1. The Kier molecular flexibility index (Phi) is 5.46. The van der Waals surface area contributed by atoms with Gasteiger partial charge in [-0.1, -0.05) is 17.7 Å². The van der Waals surface area contributed by atoms with E-state index in [9.17, 15) is 14.0 Å². The number of nitrogens with one attached hydrogen (secondary N) is 1. The smallest absolute Gasteiger partial charge is 0.249 e. The van der Waals surface area contributed by atoms with Gasteiger partial charge in [-0.15, -0.1) is 5.10 Å². The van der Waals surface area contributed by atoms with Crippen molar-refractivity contribution in [3.8, 4) is 0 Å². The second kappa shape index (κ2) is 7.96. The molecule has 1 N–H and O–H groups in total. The number of nitrogens with zero attached hydrogens (tertiary/aromatic N) is 3. The Morgan fingerprint density at radius 1 is 1.33 bits per heavy atom. The summed E-state index contributed by atoms with van der Waals surface area (Å²) in [5.74, 6) is -0.0526. The molecule has 9 heteroatoms. The molecule has 7 nitrogen and oxygen atoms in total. The third kappa shape index (κ3) is 4.89. The summed E-state index contributed by atoms with van der Waals surface area (Å²) in [4.78, 5) is 24.5. The molecule has 0 fully saturated rings. The van der Waals surface area contributed by atoms with Crippen LogP contribution in [-0.4, -0.2) is 26.7 Å². The van der Waals surface area contributed by atoms with Gasteiger partial charge in [0.25, 0.3) is 0 Å². The molecule has 0 spiro atoms. The van der Waals surface area contributed by atoms with E-state index in [0.717, 1.165) is 6.07 Å². The van der Waals surface area contributed by atoms with Gasteiger partial charge in [0.1, 0.15) is 18.1 Å². The van der Waals surface area contributed by atoms with Crippen molar-refractivity contribution in [2.75, 3.05) is 5.32 Å². The zero-order chi connectivity index (χ0) is 19.4. The molecule has 0 aliphatic heterocycles. The molecule has 0 unspecified atom stereocenters. The molecule has 3 rings (SSSR count). The number of carbonyl (C=O) groups excluding carboxylic acids is 2. The van der Waals surface area contributed by atoms with E-state index in [-0.39, 0.29) is 28.9 Å². The number of carbonyl (C=O) groups is 2. The van der Waals surface area contributed by atoms with Crippen LogP contribution in [0.2, 0.25) is 5.02 Å². The first-order valence-electron chi connectivity index (χ1n) is 7.84. The minimum absolute atomic E-state index is 0.171. The van der Waals surface area contributed by atoms with Crippen molar-refractivity contribution in [3.05, 3.63) is 70.5 Å². The van der Waals surface area contributed by atoms with Crippen LogP contribution < -0.4 is 5.32 Å². The zero-order valence-corrected chi connectivity index (χ0v) is 14.9. The Balaban J connectivity index is 1.60.